The summed E-state index contributed by atoms with van der Waals surface area (Å²) in [6, 6.07) is 23.1. The fourth-order valence-electron chi connectivity index (χ4n) is 4.03. The predicted molar refractivity (Wildman–Crippen MR) is 117 cm³/mol. The van der Waals surface area contributed by atoms with Gasteiger partial charge in [-0.25, -0.2) is 9.69 Å². The van der Waals surface area contributed by atoms with Crippen molar-refractivity contribution in [2.24, 2.45) is 0 Å². The molecular weight excluding hydrogens is 431 g/mol. The molecule has 1 saturated heterocycles. The second kappa shape index (κ2) is 9.32. The van der Waals surface area contributed by atoms with Gasteiger partial charge in [-0.1, -0.05) is 78.9 Å². The fourth-order valence-corrected chi connectivity index (χ4v) is 4.03. The summed E-state index contributed by atoms with van der Waals surface area (Å²) in [5.41, 5.74) is 0.749. The van der Waals surface area contributed by atoms with Crippen LogP contribution in [-0.4, -0.2) is 29.5 Å². The van der Waals surface area contributed by atoms with Gasteiger partial charge < -0.3 is 4.74 Å². The summed E-state index contributed by atoms with van der Waals surface area (Å²) < 4.78 is 45.0. The van der Waals surface area contributed by atoms with E-state index in [0.29, 0.717) is 0 Å². The highest BCUT2D eigenvalue weighted by atomic mass is 19.4. The van der Waals surface area contributed by atoms with Gasteiger partial charge in [-0.2, -0.15) is 13.2 Å². The van der Waals surface area contributed by atoms with Crippen molar-refractivity contribution in [3.05, 3.63) is 113 Å². The lowest BCUT2D eigenvalue weighted by atomic mass is 9.85. The molecule has 4 nitrogen and oxygen atoms in total. The van der Waals surface area contributed by atoms with Gasteiger partial charge >= 0.3 is 12.3 Å². The molecule has 168 valence electrons. The van der Waals surface area contributed by atoms with Crippen LogP contribution in [0.15, 0.2) is 91.0 Å². The topological polar surface area (TPSA) is 46.6 Å². The molecule has 4 rings (SSSR count). The van der Waals surface area contributed by atoms with Crippen LogP contribution < -0.4 is 0 Å². The molecular formula is C26H20F3NO3. The summed E-state index contributed by atoms with van der Waals surface area (Å²) in [7, 11) is 0. The molecule has 0 aliphatic carbocycles. The van der Waals surface area contributed by atoms with E-state index in [2.05, 4.69) is 0 Å². The predicted octanol–water partition coefficient (Wildman–Crippen LogP) is 5.90. The molecule has 3 aromatic carbocycles. The Bertz CT molecular complexity index is 1120. The minimum absolute atomic E-state index is 0.0218. The van der Waals surface area contributed by atoms with Crippen LogP contribution in [0.1, 0.15) is 28.2 Å². The van der Waals surface area contributed by atoms with Gasteiger partial charge in [0.25, 0.3) is 5.91 Å². The van der Waals surface area contributed by atoms with Crippen LogP contribution in [-0.2, 0) is 15.7 Å². The molecule has 0 unspecified atom stereocenters. The van der Waals surface area contributed by atoms with Gasteiger partial charge in [-0.15, -0.1) is 0 Å². The molecule has 1 fully saturated rings. The van der Waals surface area contributed by atoms with Gasteiger partial charge in [0.05, 0.1) is 11.6 Å². The van der Waals surface area contributed by atoms with Crippen molar-refractivity contribution in [1.29, 1.82) is 0 Å². The number of nitrogens with zero attached hydrogens (tertiary/aromatic N) is 1. The number of hydrogen-bond donors (Lipinski definition) is 0. The monoisotopic (exact) mass is 451 g/mol. The number of hydrogen-bond acceptors (Lipinski definition) is 3. The highest BCUT2D eigenvalue weighted by molar-refractivity contribution is 6.02. The van der Waals surface area contributed by atoms with E-state index in [1.54, 1.807) is 0 Å². The van der Waals surface area contributed by atoms with E-state index in [-0.39, 0.29) is 18.1 Å². The summed E-state index contributed by atoms with van der Waals surface area (Å²) in [5, 5.41) is 0. The number of benzene rings is 3. The van der Waals surface area contributed by atoms with Crippen molar-refractivity contribution in [3.63, 3.8) is 0 Å². The van der Waals surface area contributed by atoms with Crippen molar-refractivity contribution < 1.29 is 27.5 Å². The maximum absolute atomic E-state index is 13.3. The Kier molecular flexibility index (Phi) is 6.31. The lowest BCUT2D eigenvalue weighted by molar-refractivity contribution is -0.137. The second-order valence-electron chi connectivity index (χ2n) is 7.57. The van der Waals surface area contributed by atoms with E-state index in [0.717, 1.165) is 34.2 Å². The van der Waals surface area contributed by atoms with Crippen molar-refractivity contribution in [1.82, 2.24) is 4.90 Å². The molecule has 1 aliphatic rings. The number of cyclic esters (lactones) is 1. The minimum atomic E-state index is -4.56. The molecule has 1 heterocycles. The van der Waals surface area contributed by atoms with E-state index < -0.39 is 29.8 Å². The van der Waals surface area contributed by atoms with E-state index in [4.69, 9.17) is 4.74 Å². The molecule has 7 heteroatoms. The van der Waals surface area contributed by atoms with Crippen LogP contribution in [0, 0.1) is 0 Å². The molecule has 0 saturated carbocycles. The lowest BCUT2D eigenvalue weighted by Crippen LogP contribution is -2.42. The number of alkyl halides is 3. The van der Waals surface area contributed by atoms with Gasteiger partial charge in [-0.05, 0) is 28.8 Å². The van der Waals surface area contributed by atoms with Gasteiger partial charge in [0.2, 0.25) is 0 Å². The van der Waals surface area contributed by atoms with Crippen LogP contribution in [0.4, 0.5) is 18.0 Å². The molecule has 0 bridgehead atoms. The average Bonchev–Trinajstić information content (AvgIpc) is 3.19. The van der Waals surface area contributed by atoms with Crippen LogP contribution in [0.2, 0.25) is 0 Å². The second-order valence-corrected chi connectivity index (χ2v) is 7.57. The van der Waals surface area contributed by atoms with Crippen LogP contribution in [0.3, 0.4) is 0 Å². The zero-order chi connectivity index (χ0) is 23.4. The van der Waals surface area contributed by atoms with Crippen molar-refractivity contribution in [3.8, 4) is 0 Å². The van der Waals surface area contributed by atoms with Crippen LogP contribution >= 0.6 is 0 Å². The Morgan fingerprint density at radius 1 is 0.909 bits per heavy atom. The Morgan fingerprint density at radius 3 is 2.03 bits per heavy atom. The number of halogens is 3. The first kappa shape index (κ1) is 22.3. The Labute approximate surface area is 188 Å². The number of imide groups is 1. The molecule has 1 atom stereocenters. The van der Waals surface area contributed by atoms with Gasteiger partial charge in [-0.3, -0.25) is 4.79 Å². The van der Waals surface area contributed by atoms with Gasteiger partial charge in [0, 0.05) is 12.0 Å². The number of rotatable bonds is 5. The van der Waals surface area contributed by atoms with Crippen molar-refractivity contribution in [2.45, 2.75) is 18.1 Å². The minimum Gasteiger partial charge on any atom is -0.447 e. The maximum atomic E-state index is 13.3. The highest BCUT2D eigenvalue weighted by Crippen LogP contribution is 2.35. The first-order valence-electron chi connectivity index (χ1n) is 10.3. The molecule has 2 amide bonds. The SMILES string of the molecule is O=C(/C=C/c1ccccc1C(F)(F)F)N1C(=O)OC[C@H]1C(c1ccccc1)c1ccccc1. The summed E-state index contributed by atoms with van der Waals surface area (Å²) >= 11 is 0. The molecule has 0 spiro atoms. The third-order valence-corrected chi connectivity index (χ3v) is 5.52. The van der Waals surface area contributed by atoms with Crippen LogP contribution in [0.5, 0.6) is 0 Å². The summed E-state index contributed by atoms with van der Waals surface area (Å²) in [6.45, 7) is -0.0218. The largest absolute Gasteiger partial charge is 0.447 e. The van der Waals surface area contributed by atoms with Crippen molar-refractivity contribution in [2.75, 3.05) is 6.61 Å². The smallest absolute Gasteiger partial charge is 0.417 e. The highest BCUT2D eigenvalue weighted by Gasteiger charge is 2.43. The van der Waals surface area contributed by atoms with E-state index in [9.17, 15) is 22.8 Å². The third-order valence-electron chi connectivity index (χ3n) is 5.52. The Balaban J connectivity index is 1.68. The Morgan fingerprint density at radius 2 is 1.45 bits per heavy atom. The number of amides is 2. The van der Waals surface area contributed by atoms with E-state index in [1.165, 1.54) is 18.2 Å². The zero-order valence-corrected chi connectivity index (χ0v) is 17.4. The third kappa shape index (κ3) is 4.82. The van der Waals surface area contributed by atoms with Crippen molar-refractivity contribution >= 4 is 18.1 Å². The molecule has 3 aromatic rings. The number of ether oxygens (including phenoxy) is 1. The first-order valence-corrected chi connectivity index (χ1v) is 10.3. The summed E-state index contributed by atoms with van der Waals surface area (Å²) in [5.74, 6) is -1.10. The summed E-state index contributed by atoms with van der Waals surface area (Å²) in [4.78, 5) is 26.5. The quantitative estimate of drug-likeness (QED) is 0.454. The molecule has 0 radical (unpaired) electrons. The molecule has 0 N–H and O–H groups in total. The normalized spacial score (nSPS) is 16.4. The van der Waals surface area contributed by atoms with Gasteiger partial charge in [0.15, 0.2) is 0 Å². The fraction of sp³-hybridized carbons (Fsp3) is 0.154. The maximum Gasteiger partial charge on any atom is 0.417 e. The number of carbonyl (C=O) groups is 2. The van der Waals surface area contributed by atoms with E-state index in [1.807, 2.05) is 60.7 Å². The van der Waals surface area contributed by atoms with E-state index >= 15 is 0 Å². The average molecular weight is 451 g/mol. The van der Waals surface area contributed by atoms with Crippen LogP contribution in [0.25, 0.3) is 6.08 Å². The number of carbonyl (C=O) groups excluding carboxylic acids is 2. The summed E-state index contributed by atoms with van der Waals surface area (Å²) in [6.07, 6.45) is -3.33. The standard InChI is InChI=1S/C26H20F3NO3/c27-26(28,29)21-14-8-7-9-18(21)15-16-23(31)30-22(17-33-25(30)32)24(19-10-3-1-4-11-19)20-12-5-2-6-13-20/h1-16,22,24H,17H2/b16-15+/t22-/m0/s1. The molecule has 33 heavy (non-hydrogen) atoms. The first-order chi connectivity index (χ1) is 15.9. The molecule has 1 aliphatic heterocycles. The zero-order valence-electron chi connectivity index (χ0n) is 17.4. The Hall–Kier alpha value is -3.87. The lowest BCUT2D eigenvalue weighted by Gasteiger charge is -2.28. The van der Waals surface area contributed by atoms with Gasteiger partial charge in [0.1, 0.15) is 6.61 Å². The molecule has 0 aromatic heterocycles.